The van der Waals surface area contributed by atoms with Crippen LogP contribution in [0, 0.1) is 13.8 Å². The summed E-state index contributed by atoms with van der Waals surface area (Å²) in [5.41, 5.74) is 7.75. The predicted octanol–water partition coefficient (Wildman–Crippen LogP) is 9.10. The third-order valence-corrected chi connectivity index (χ3v) is 6.75. The fourth-order valence-corrected chi connectivity index (χ4v) is 5.05. The summed E-state index contributed by atoms with van der Waals surface area (Å²) in [6, 6.07) is 40.0. The average molecular weight is 409 g/mol. The lowest BCUT2D eigenvalue weighted by Crippen LogP contribution is -1.89. The summed E-state index contributed by atoms with van der Waals surface area (Å²) in [5, 5.41) is 7.90. The Kier molecular flexibility index (Phi) is 4.33. The average Bonchev–Trinajstić information content (AvgIpc) is 2.85. The zero-order valence-corrected chi connectivity index (χ0v) is 18.4. The van der Waals surface area contributed by atoms with E-state index < -0.39 is 0 Å². The van der Waals surface area contributed by atoms with Crippen LogP contribution in [0.1, 0.15) is 11.1 Å². The van der Waals surface area contributed by atoms with E-state index in [1.807, 2.05) is 0 Å². The largest absolute Gasteiger partial charge is 0.0620 e. The van der Waals surface area contributed by atoms with Crippen molar-refractivity contribution in [3.05, 3.63) is 120 Å². The summed E-state index contributed by atoms with van der Waals surface area (Å²) in [6.07, 6.45) is 0. The highest BCUT2D eigenvalue weighted by atomic mass is 14.1. The molecule has 0 aliphatic rings. The van der Waals surface area contributed by atoms with Gasteiger partial charge in [0.2, 0.25) is 0 Å². The van der Waals surface area contributed by atoms with Gasteiger partial charge in [0, 0.05) is 0 Å². The van der Waals surface area contributed by atoms with Crippen LogP contribution in [0.4, 0.5) is 0 Å². The minimum Gasteiger partial charge on any atom is -0.0620 e. The Labute approximate surface area is 188 Å². The molecule has 6 rings (SSSR count). The third kappa shape index (κ3) is 2.92. The van der Waals surface area contributed by atoms with E-state index in [1.165, 1.54) is 65.7 Å². The van der Waals surface area contributed by atoms with Gasteiger partial charge in [0.15, 0.2) is 0 Å². The highest BCUT2D eigenvalue weighted by Gasteiger charge is 2.11. The van der Waals surface area contributed by atoms with E-state index in [0.29, 0.717) is 0 Å². The molecule has 32 heavy (non-hydrogen) atoms. The fourth-order valence-electron chi connectivity index (χ4n) is 5.05. The Bertz CT molecular complexity index is 1600. The van der Waals surface area contributed by atoms with Crippen molar-refractivity contribution >= 4 is 32.3 Å². The van der Waals surface area contributed by atoms with Gasteiger partial charge in [-0.25, -0.2) is 0 Å². The lowest BCUT2D eigenvalue weighted by molar-refractivity contribution is 1.41. The van der Waals surface area contributed by atoms with Gasteiger partial charge in [0.25, 0.3) is 0 Å². The van der Waals surface area contributed by atoms with Crippen LogP contribution in [0.15, 0.2) is 109 Å². The molecule has 0 aliphatic heterocycles. The summed E-state index contributed by atoms with van der Waals surface area (Å²) in [7, 11) is 0. The summed E-state index contributed by atoms with van der Waals surface area (Å²) < 4.78 is 0. The molecule has 6 aromatic rings. The number of hydrogen-bond acceptors (Lipinski definition) is 0. The van der Waals surface area contributed by atoms with Crippen molar-refractivity contribution in [3.63, 3.8) is 0 Å². The van der Waals surface area contributed by atoms with E-state index in [0.717, 1.165) is 0 Å². The maximum absolute atomic E-state index is 2.37. The quantitative estimate of drug-likeness (QED) is 0.251. The van der Waals surface area contributed by atoms with E-state index >= 15 is 0 Å². The van der Waals surface area contributed by atoms with E-state index in [4.69, 9.17) is 0 Å². The minimum absolute atomic E-state index is 1.26. The van der Waals surface area contributed by atoms with Crippen molar-refractivity contribution in [1.29, 1.82) is 0 Å². The molecule has 0 saturated carbocycles. The van der Waals surface area contributed by atoms with Crippen LogP contribution in [0.5, 0.6) is 0 Å². The van der Waals surface area contributed by atoms with Gasteiger partial charge in [0.05, 0.1) is 0 Å². The van der Waals surface area contributed by atoms with E-state index in [2.05, 4.69) is 123 Å². The molecule has 0 unspecified atom stereocenters. The molecule has 0 nitrogen and oxygen atoms in total. The summed E-state index contributed by atoms with van der Waals surface area (Å²) >= 11 is 0. The van der Waals surface area contributed by atoms with Crippen molar-refractivity contribution in [2.24, 2.45) is 0 Å². The van der Waals surface area contributed by atoms with Gasteiger partial charge < -0.3 is 0 Å². The molecule has 0 fully saturated rings. The van der Waals surface area contributed by atoms with Crippen molar-refractivity contribution < 1.29 is 0 Å². The number of benzene rings is 6. The first-order valence-corrected chi connectivity index (χ1v) is 11.2. The molecule has 0 heterocycles. The lowest BCUT2D eigenvalue weighted by Gasteiger charge is -2.14. The van der Waals surface area contributed by atoms with Gasteiger partial charge in [-0.15, -0.1) is 0 Å². The first-order valence-electron chi connectivity index (χ1n) is 11.2. The maximum Gasteiger partial charge on any atom is -0.00928 e. The van der Waals surface area contributed by atoms with Crippen LogP contribution < -0.4 is 0 Å². The van der Waals surface area contributed by atoms with Gasteiger partial charge in [-0.05, 0) is 91.7 Å². The molecular formula is C32H24. The Hall–Kier alpha value is -3.90. The van der Waals surface area contributed by atoms with Crippen LogP contribution in [0.2, 0.25) is 0 Å². The van der Waals surface area contributed by atoms with Gasteiger partial charge in [-0.1, -0.05) is 97.1 Å². The van der Waals surface area contributed by atoms with Crippen LogP contribution in [0.3, 0.4) is 0 Å². The highest BCUT2D eigenvalue weighted by Crippen LogP contribution is 2.38. The predicted molar refractivity (Wildman–Crippen MR) is 139 cm³/mol. The molecule has 0 aliphatic carbocycles. The smallest absolute Gasteiger partial charge is 0.00928 e. The molecule has 0 saturated heterocycles. The normalized spacial score (nSPS) is 11.4. The Morgan fingerprint density at radius 1 is 0.344 bits per heavy atom. The molecule has 0 N–H and O–H groups in total. The first-order chi connectivity index (χ1) is 15.7. The van der Waals surface area contributed by atoms with E-state index in [9.17, 15) is 0 Å². The van der Waals surface area contributed by atoms with Crippen LogP contribution in [-0.2, 0) is 0 Å². The standard InChI is InChI=1S/C32H24/c1-21-9-3-4-10-25(21)31-19-23(16-15-22(31)2)24-17-18-30-28-13-6-5-11-26(28)27-12-7-8-14-29(27)32(30)20-24/h3-20H,1-2H3. The molecule has 0 aromatic heterocycles. The highest BCUT2D eigenvalue weighted by molar-refractivity contribution is 6.25. The Morgan fingerprint density at radius 2 is 0.812 bits per heavy atom. The SMILES string of the molecule is Cc1ccccc1-c1cc(-c2ccc3c4ccccc4c4ccccc4c3c2)ccc1C. The molecule has 0 amide bonds. The second kappa shape index (κ2) is 7.35. The number of rotatable bonds is 2. The first kappa shape index (κ1) is 18.8. The molecule has 0 atom stereocenters. The Morgan fingerprint density at radius 3 is 1.47 bits per heavy atom. The van der Waals surface area contributed by atoms with E-state index in [-0.39, 0.29) is 0 Å². The fraction of sp³-hybridized carbons (Fsp3) is 0.0625. The maximum atomic E-state index is 2.37. The molecule has 6 aromatic carbocycles. The van der Waals surface area contributed by atoms with Gasteiger partial charge in [-0.3, -0.25) is 0 Å². The van der Waals surface area contributed by atoms with Crippen LogP contribution in [0.25, 0.3) is 54.6 Å². The van der Waals surface area contributed by atoms with Crippen molar-refractivity contribution in [2.75, 3.05) is 0 Å². The zero-order valence-electron chi connectivity index (χ0n) is 18.4. The number of aryl methyl sites for hydroxylation is 2. The van der Waals surface area contributed by atoms with Crippen LogP contribution in [-0.4, -0.2) is 0 Å². The molecule has 152 valence electrons. The molecule has 0 radical (unpaired) electrons. The van der Waals surface area contributed by atoms with Crippen molar-refractivity contribution in [1.82, 2.24) is 0 Å². The van der Waals surface area contributed by atoms with Gasteiger partial charge in [-0.2, -0.15) is 0 Å². The van der Waals surface area contributed by atoms with Gasteiger partial charge >= 0.3 is 0 Å². The number of hydrogen-bond donors (Lipinski definition) is 0. The summed E-state index contributed by atoms with van der Waals surface area (Å²) in [4.78, 5) is 0. The second-order valence-corrected chi connectivity index (χ2v) is 8.70. The van der Waals surface area contributed by atoms with Crippen LogP contribution >= 0.6 is 0 Å². The molecule has 0 spiro atoms. The topological polar surface area (TPSA) is 0 Å². The van der Waals surface area contributed by atoms with Gasteiger partial charge in [0.1, 0.15) is 0 Å². The minimum atomic E-state index is 1.26. The molecule has 0 heteroatoms. The zero-order chi connectivity index (χ0) is 21.7. The third-order valence-electron chi connectivity index (χ3n) is 6.75. The van der Waals surface area contributed by atoms with E-state index in [1.54, 1.807) is 0 Å². The molecular weight excluding hydrogens is 384 g/mol. The Balaban J connectivity index is 1.62. The monoisotopic (exact) mass is 408 g/mol. The number of fused-ring (bicyclic) bond motifs is 6. The lowest BCUT2D eigenvalue weighted by atomic mass is 9.90. The summed E-state index contributed by atoms with van der Waals surface area (Å²) in [5.74, 6) is 0. The van der Waals surface area contributed by atoms with Crippen molar-refractivity contribution in [2.45, 2.75) is 13.8 Å². The van der Waals surface area contributed by atoms with Crippen molar-refractivity contribution in [3.8, 4) is 22.3 Å². The second-order valence-electron chi connectivity index (χ2n) is 8.70. The summed E-state index contributed by atoms with van der Waals surface area (Å²) in [6.45, 7) is 4.39. The molecule has 0 bridgehead atoms.